The Morgan fingerprint density at radius 1 is 1.08 bits per heavy atom. The second-order valence-electron chi connectivity index (χ2n) is 7.56. The minimum atomic E-state index is -3.70. The molecule has 0 aliphatic carbocycles. The molecule has 0 amide bonds. The van der Waals surface area contributed by atoms with E-state index in [2.05, 4.69) is 23.3 Å². The largest absolute Gasteiger partial charge is 0.513 e. The van der Waals surface area contributed by atoms with Crippen LogP contribution in [-0.2, 0) is 10.0 Å². The molecule has 3 N–H and O–H groups in total. The fraction of sp³-hybridized carbons (Fsp3) is 0.214. The van der Waals surface area contributed by atoms with Gasteiger partial charge in [0.1, 0.15) is 11.6 Å². The molecule has 0 aliphatic rings. The summed E-state index contributed by atoms with van der Waals surface area (Å²) in [5.74, 6) is 1.11. The maximum atomic E-state index is 11.8. The van der Waals surface area contributed by atoms with Crippen molar-refractivity contribution in [1.82, 2.24) is 0 Å². The van der Waals surface area contributed by atoms with Crippen molar-refractivity contribution in [2.45, 2.75) is 36.0 Å². The van der Waals surface area contributed by atoms with Gasteiger partial charge in [0.25, 0.3) is 10.0 Å². The minimum Gasteiger partial charge on any atom is -0.513 e. The van der Waals surface area contributed by atoms with Gasteiger partial charge in [-0.1, -0.05) is 55.1 Å². The predicted octanol–water partition coefficient (Wildman–Crippen LogP) is 6.59. The van der Waals surface area contributed by atoms with Crippen LogP contribution in [0.5, 0.6) is 5.75 Å². The zero-order chi connectivity index (χ0) is 27.7. The lowest BCUT2D eigenvalue weighted by Gasteiger charge is -2.03. The number of aliphatic hydroxyl groups is 1. The predicted molar refractivity (Wildman–Crippen MR) is 152 cm³/mol. The van der Waals surface area contributed by atoms with Crippen LogP contribution in [0.1, 0.15) is 26.2 Å². The molecule has 0 saturated carbocycles. The number of rotatable bonds is 8. The van der Waals surface area contributed by atoms with E-state index in [9.17, 15) is 8.42 Å². The number of allylic oxidation sites excluding steroid dienone is 1. The number of sulfonamides is 1. The smallest absolute Gasteiger partial charge is 0.283 e. The highest BCUT2D eigenvalue weighted by molar-refractivity contribution is 7.98. The van der Waals surface area contributed by atoms with E-state index in [0.717, 1.165) is 16.9 Å². The molecule has 0 fully saturated rings. The quantitative estimate of drug-likeness (QED) is 0.109. The zero-order valence-electron chi connectivity index (χ0n) is 21.3. The van der Waals surface area contributed by atoms with Crippen LogP contribution in [0.15, 0.2) is 105 Å². The van der Waals surface area contributed by atoms with Gasteiger partial charge in [0.2, 0.25) is 0 Å². The summed E-state index contributed by atoms with van der Waals surface area (Å²) in [5.41, 5.74) is 7.29. The summed E-state index contributed by atoms with van der Waals surface area (Å²) in [6.45, 7) is 4.71. The van der Waals surface area contributed by atoms with E-state index < -0.39 is 10.0 Å². The number of hydrogen-bond acceptors (Lipinski definition) is 6. The number of nitriles is 1. The summed E-state index contributed by atoms with van der Waals surface area (Å²) in [5, 5.41) is 16.5. The van der Waals surface area contributed by atoms with Gasteiger partial charge in [-0.05, 0) is 61.1 Å². The summed E-state index contributed by atoms with van der Waals surface area (Å²) < 4.78 is 32.1. The molecule has 3 aromatic carbocycles. The Balaban J connectivity index is 0.000000319. The van der Waals surface area contributed by atoms with Gasteiger partial charge in [0, 0.05) is 17.7 Å². The van der Waals surface area contributed by atoms with Crippen LogP contribution in [-0.4, -0.2) is 32.7 Å². The maximum Gasteiger partial charge on any atom is 0.283 e. The van der Waals surface area contributed by atoms with Gasteiger partial charge in [-0.25, -0.2) is 0 Å². The first-order chi connectivity index (χ1) is 17.6. The molecule has 0 aliphatic heterocycles. The number of aliphatic hydroxyl groups excluding tert-OH is 1. The molecule has 0 atom stereocenters. The molecule has 0 heterocycles. The Hall–Kier alpha value is -3.74. The SMILES string of the molecule is C/C(N)=N\S(=O)(=O)c1ccc(-c2ccccc2)cc1.C=C(O)CCCC#N.COc1cccc(SC)c1. The van der Waals surface area contributed by atoms with Crippen LogP contribution in [0.3, 0.4) is 0 Å². The topological polar surface area (TPSA) is 126 Å². The first-order valence-electron chi connectivity index (χ1n) is 11.3. The lowest BCUT2D eigenvalue weighted by atomic mass is 10.1. The summed E-state index contributed by atoms with van der Waals surface area (Å²) in [6.07, 6.45) is 3.81. The number of nitrogens with zero attached hydrogens (tertiary/aromatic N) is 2. The Kier molecular flexibility index (Phi) is 14.2. The van der Waals surface area contributed by atoms with Crippen LogP contribution in [0, 0.1) is 11.3 Å². The average molecular weight is 540 g/mol. The lowest BCUT2D eigenvalue weighted by Crippen LogP contribution is -2.09. The van der Waals surface area contributed by atoms with Crippen LogP contribution >= 0.6 is 11.8 Å². The zero-order valence-corrected chi connectivity index (χ0v) is 22.9. The number of amidine groups is 1. The third-order valence-electron chi connectivity index (χ3n) is 4.55. The highest BCUT2D eigenvalue weighted by atomic mass is 32.2. The van der Waals surface area contributed by atoms with Gasteiger partial charge in [-0.2, -0.15) is 13.7 Å². The van der Waals surface area contributed by atoms with Crippen LogP contribution in [0.4, 0.5) is 0 Å². The van der Waals surface area contributed by atoms with Crippen molar-refractivity contribution in [3.63, 3.8) is 0 Å². The van der Waals surface area contributed by atoms with Crippen molar-refractivity contribution in [2.75, 3.05) is 13.4 Å². The van der Waals surface area contributed by atoms with Gasteiger partial charge in [0.15, 0.2) is 0 Å². The number of hydrogen-bond donors (Lipinski definition) is 2. The molecule has 0 unspecified atom stereocenters. The Bertz CT molecular complexity index is 1260. The van der Waals surface area contributed by atoms with E-state index in [-0.39, 0.29) is 16.5 Å². The Morgan fingerprint density at radius 2 is 1.70 bits per heavy atom. The van der Waals surface area contributed by atoms with Crippen molar-refractivity contribution >= 4 is 27.6 Å². The highest BCUT2D eigenvalue weighted by Crippen LogP contribution is 2.22. The van der Waals surface area contributed by atoms with E-state index in [1.165, 1.54) is 24.0 Å². The average Bonchev–Trinajstić information content (AvgIpc) is 2.89. The summed E-state index contributed by atoms with van der Waals surface area (Å²) >= 11 is 1.72. The molecule has 0 bridgehead atoms. The van der Waals surface area contributed by atoms with Crippen LogP contribution < -0.4 is 10.5 Å². The molecule has 3 aromatic rings. The van der Waals surface area contributed by atoms with Gasteiger partial charge in [-0.15, -0.1) is 16.2 Å². The van der Waals surface area contributed by atoms with Crippen molar-refractivity contribution in [3.05, 3.63) is 91.2 Å². The van der Waals surface area contributed by atoms with Gasteiger partial charge in [0.05, 0.1) is 23.8 Å². The minimum absolute atomic E-state index is 0.0205. The van der Waals surface area contributed by atoms with Gasteiger partial charge >= 0.3 is 0 Å². The maximum absolute atomic E-state index is 11.8. The second kappa shape index (κ2) is 16.8. The number of benzene rings is 3. The summed E-state index contributed by atoms with van der Waals surface area (Å²) in [4.78, 5) is 1.37. The van der Waals surface area contributed by atoms with Gasteiger partial charge < -0.3 is 15.6 Å². The van der Waals surface area contributed by atoms with Crippen LogP contribution in [0.25, 0.3) is 11.1 Å². The number of methoxy groups -OCH3 is 1. The van der Waals surface area contributed by atoms with Crippen molar-refractivity contribution in [2.24, 2.45) is 10.1 Å². The fourth-order valence-corrected chi connectivity index (χ4v) is 4.21. The Labute approximate surface area is 224 Å². The van der Waals surface area contributed by atoms with Crippen LogP contribution in [0.2, 0.25) is 0 Å². The molecule has 0 aromatic heterocycles. The molecule has 3 rings (SSSR count). The monoisotopic (exact) mass is 539 g/mol. The molecular formula is C28H33N3O4S2. The number of nitrogens with two attached hydrogens (primary N) is 1. The summed E-state index contributed by atoms with van der Waals surface area (Å²) in [7, 11) is -2.02. The molecule has 7 nitrogen and oxygen atoms in total. The fourth-order valence-electron chi connectivity index (χ4n) is 2.79. The molecular weight excluding hydrogens is 506 g/mol. The van der Waals surface area contributed by atoms with E-state index in [4.69, 9.17) is 20.8 Å². The van der Waals surface area contributed by atoms with E-state index in [1.54, 1.807) is 31.0 Å². The number of thioether (sulfide) groups is 1. The highest BCUT2D eigenvalue weighted by Gasteiger charge is 2.12. The van der Waals surface area contributed by atoms with Crippen molar-refractivity contribution in [3.8, 4) is 22.9 Å². The first kappa shape index (κ1) is 31.3. The van der Waals surface area contributed by atoms with Crippen molar-refractivity contribution in [1.29, 1.82) is 5.26 Å². The summed E-state index contributed by atoms with van der Waals surface area (Å²) in [6, 6.07) is 26.3. The standard InChI is InChI=1S/C14H14N2O2S.C8H10OS.C6H9NO/c1-11(15)16-19(17,18)14-9-7-13(8-10-14)12-5-3-2-4-6-12;1-9-7-4-3-5-8(6-7)10-2;1-6(8)4-2-3-5-7/h2-10H,1H3,(H2,15,16);3-6H,1-2H3;8H,1-4H2. The normalized spacial score (nSPS) is 10.6. The number of ether oxygens (including phenoxy) is 1. The molecule has 37 heavy (non-hydrogen) atoms. The van der Waals surface area contributed by atoms with Crippen molar-refractivity contribution < 1.29 is 18.3 Å². The molecule has 0 radical (unpaired) electrons. The number of unbranched alkanes of at least 4 members (excludes halogenated alkanes) is 1. The van der Waals surface area contributed by atoms with Gasteiger partial charge in [-0.3, -0.25) is 0 Å². The van der Waals surface area contributed by atoms with E-state index in [1.807, 2.05) is 54.6 Å². The second-order valence-corrected chi connectivity index (χ2v) is 10.0. The lowest BCUT2D eigenvalue weighted by molar-refractivity contribution is 0.387. The van der Waals surface area contributed by atoms with E-state index in [0.29, 0.717) is 19.3 Å². The molecule has 0 saturated heterocycles. The third kappa shape index (κ3) is 12.7. The Morgan fingerprint density at radius 3 is 2.22 bits per heavy atom. The first-order valence-corrected chi connectivity index (χ1v) is 13.9. The third-order valence-corrected chi connectivity index (χ3v) is 6.68. The molecule has 9 heteroatoms. The molecule has 196 valence electrons. The molecule has 0 spiro atoms. The van der Waals surface area contributed by atoms with E-state index >= 15 is 0 Å².